The van der Waals surface area contributed by atoms with Gasteiger partial charge in [0.1, 0.15) is 0 Å². The Bertz CT molecular complexity index is 422. The van der Waals surface area contributed by atoms with Gasteiger partial charge in [-0.15, -0.1) is 11.3 Å². The Hall–Kier alpha value is -0.390. The van der Waals surface area contributed by atoms with Gasteiger partial charge in [0.25, 0.3) is 0 Å². The highest BCUT2D eigenvalue weighted by molar-refractivity contribution is 14.1. The van der Waals surface area contributed by atoms with Crippen LogP contribution in [0.5, 0.6) is 0 Å². The second kappa shape index (κ2) is 5.80. The van der Waals surface area contributed by atoms with Crippen molar-refractivity contribution in [2.75, 3.05) is 0 Å². The van der Waals surface area contributed by atoms with E-state index < -0.39 is 0 Å². The lowest BCUT2D eigenvalue weighted by atomic mass is 10.1. The molecule has 1 N–H and O–H groups in total. The highest BCUT2D eigenvalue weighted by Gasteiger charge is 2.07. The smallest absolute Gasteiger partial charge is 0.0628 e. The summed E-state index contributed by atoms with van der Waals surface area (Å²) in [5.74, 6) is 0. The maximum Gasteiger partial charge on any atom is 0.0628 e. The van der Waals surface area contributed by atoms with Crippen molar-refractivity contribution in [3.8, 4) is 0 Å². The standard InChI is InChI=1S/C13H13IOS/c14-11-5-3-10(4-6-11)8-12(15)9-13-2-1-7-16-13/h1-7,12,15H,8-9H2. The normalized spacial score (nSPS) is 12.6. The Morgan fingerprint density at radius 3 is 2.50 bits per heavy atom. The maximum absolute atomic E-state index is 9.95. The minimum Gasteiger partial charge on any atom is -0.392 e. The van der Waals surface area contributed by atoms with E-state index in [0.29, 0.717) is 0 Å². The molecular formula is C13H13IOS. The van der Waals surface area contributed by atoms with Crippen LogP contribution in [0.15, 0.2) is 41.8 Å². The third-order valence-corrected chi connectivity index (χ3v) is 4.02. The summed E-state index contributed by atoms with van der Waals surface area (Å²) >= 11 is 3.99. The number of hydrogen-bond acceptors (Lipinski definition) is 2. The zero-order chi connectivity index (χ0) is 11.4. The fourth-order valence-electron chi connectivity index (χ4n) is 1.63. The molecule has 2 rings (SSSR count). The van der Waals surface area contributed by atoms with Crippen molar-refractivity contribution in [1.82, 2.24) is 0 Å². The van der Waals surface area contributed by atoms with Crippen LogP contribution in [0.2, 0.25) is 0 Å². The molecule has 0 fully saturated rings. The molecule has 3 heteroatoms. The fourth-order valence-corrected chi connectivity index (χ4v) is 2.76. The Morgan fingerprint density at radius 2 is 1.88 bits per heavy atom. The summed E-state index contributed by atoms with van der Waals surface area (Å²) in [5, 5.41) is 12.0. The van der Waals surface area contributed by atoms with Crippen LogP contribution in [0.1, 0.15) is 10.4 Å². The van der Waals surface area contributed by atoms with Gasteiger partial charge in [-0.3, -0.25) is 0 Å². The van der Waals surface area contributed by atoms with Crippen molar-refractivity contribution >= 4 is 33.9 Å². The van der Waals surface area contributed by atoms with Crippen LogP contribution in [0.3, 0.4) is 0 Å². The van der Waals surface area contributed by atoms with Crippen molar-refractivity contribution in [2.45, 2.75) is 18.9 Å². The van der Waals surface area contributed by atoms with Gasteiger partial charge in [0, 0.05) is 14.9 Å². The molecule has 1 heterocycles. The van der Waals surface area contributed by atoms with Crippen LogP contribution in [-0.2, 0) is 12.8 Å². The van der Waals surface area contributed by atoms with E-state index in [9.17, 15) is 5.11 Å². The number of thiophene rings is 1. The van der Waals surface area contributed by atoms with Crippen LogP contribution in [0.25, 0.3) is 0 Å². The average molecular weight is 344 g/mol. The van der Waals surface area contributed by atoms with Gasteiger partial charge in [0.15, 0.2) is 0 Å². The van der Waals surface area contributed by atoms with Gasteiger partial charge >= 0.3 is 0 Å². The van der Waals surface area contributed by atoms with E-state index in [2.05, 4.69) is 52.9 Å². The Kier molecular flexibility index (Phi) is 4.37. The molecule has 0 radical (unpaired) electrons. The van der Waals surface area contributed by atoms with Crippen molar-refractivity contribution in [2.24, 2.45) is 0 Å². The summed E-state index contributed by atoms with van der Waals surface area (Å²) in [6.45, 7) is 0. The first-order valence-corrected chi connectivity index (χ1v) is 7.15. The monoisotopic (exact) mass is 344 g/mol. The average Bonchev–Trinajstić information content (AvgIpc) is 2.74. The lowest BCUT2D eigenvalue weighted by Crippen LogP contribution is -2.13. The minimum absolute atomic E-state index is 0.279. The van der Waals surface area contributed by atoms with E-state index in [0.717, 1.165) is 12.8 Å². The molecule has 2 aromatic rings. The second-order valence-electron chi connectivity index (χ2n) is 3.77. The third kappa shape index (κ3) is 3.57. The molecule has 1 aromatic carbocycles. The van der Waals surface area contributed by atoms with Crippen LogP contribution < -0.4 is 0 Å². The molecule has 84 valence electrons. The first-order chi connectivity index (χ1) is 7.74. The van der Waals surface area contributed by atoms with E-state index in [-0.39, 0.29) is 6.10 Å². The number of rotatable bonds is 4. The van der Waals surface area contributed by atoms with Crippen molar-refractivity contribution in [3.63, 3.8) is 0 Å². The second-order valence-corrected chi connectivity index (χ2v) is 6.05. The van der Waals surface area contributed by atoms with Gasteiger partial charge < -0.3 is 5.11 Å². The molecule has 0 saturated heterocycles. The number of halogens is 1. The quantitative estimate of drug-likeness (QED) is 0.842. The Balaban J connectivity index is 1.92. The van der Waals surface area contributed by atoms with Gasteiger partial charge in [0.05, 0.1) is 6.10 Å². The number of aliphatic hydroxyl groups is 1. The molecular weight excluding hydrogens is 331 g/mol. The Morgan fingerprint density at radius 1 is 1.12 bits per heavy atom. The summed E-state index contributed by atoms with van der Waals surface area (Å²) in [7, 11) is 0. The largest absolute Gasteiger partial charge is 0.392 e. The predicted octanol–water partition coefficient (Wildman–Crippen LogP) is 3.50. The highest BCUT2D eigenvalue weighted by Crippen LogP contribution is 2.14. The van der Waals surface area contributed by atoms with Gasteiger partial charge in [-0.05, 0) is 58.2 Å². The third-order valence-electron chi connectivity index (χ3n) is 2.40. The number of benzene rings is 1. The van der Waals surface area contributed by atoms with Crippen molar-refractivity contribution in [1.29, 1.82) is 0 Å². The Labute approximate surface area is 113 Å². The van der Waals surface area contributed by atoms with E-state index in [1.54, 1.807) is 11.3 Å². The molecule has 0 saturated carbocycles. The minimum atomic E-state index is -0.279. The molecule has 0 amide bonds. The predicted molar refractivity (Wildman–Crippen MR) is 76.9 cm³/mol. The number of aliphatic hydroxyl groups excluding tert-OH is 1. The lowest BCUT2D eigenvalue weighted by Gasteiger charge is -2.09. The molecule has 0 aliphatic carbocycles. The molecule has 1 unspecified atom stereocenters. The molecule has 1 aromatic heterocycles. The van der Waals surface area contributed by atoms with Crippen molar-refractivity contribution < 1.29 is 5.11 Å². The SMILES string of the molecule is OC(Cc1ccc(I)cc1)Cc1cccs1. The molecule has 1 nitrogen and oxygen atoms in total. The van der Waals surface area contributed by atoms with Crippen molar-refractivity contribution in [3.05, 3.63) is 55.8 Å². The van der Waals surface area contributed by atoms with Gasteiger partial charge in [0.2, 0.25) is 0 Å². The van der Waals surface area contributed by atoms with Crippen LogP contribution in [0.4, 0.5) is 0 Å². The summed E-state index contributed by atoms with van der Waals surface area (Å²) in [4.78, 5) is 1.25. The van der Waals surface area contributed by atoms with Gasteiger partial charge in [-0.25, -0.2) is 0 Å². The highest BCUT2D eigenvalue weighted by atomic mass is 127. The summed E-state index contributed by atoms with van der Waals surface area (Å²) < 4.78 is 1.23. The molecule has 16 heavy (non-hydrogen) atoms. The topological polar surface area (TPSA) is 20.2 Å². The van der Waals surface area contributed by atoms with Gasteiger partial charge in [-0.1, -0.05) is 18.2 Å². The van der Waals surface area contributed by atoms with E-state index in [1.165, 1.54) is 14.0 Å². The summed E-state index contributed by atoms with van der Waals surface area (Å²) in [6, 6.07) is 12.4. The van der Waals surface area contributed by atoms with E-state index in [4.69, 9.17) is 0 Å². The van der Waals surface area contributed by atoms with Crippen LogP contribution in [-0.4, -0.2) is 11.2 Å². The first kappa shape index (κ1) is 12.1. The van der Waals surface area contributed by atoms with E-state index in [1.807, 2.05) is 11.4 Å². The van der Waals surface area contributed by atoms with Crippen LogP contribution >= 0.6 is 33.9 Å². The first-order valence-electron chi connectivity index (χ1n) is 5.19. The van der Waals surface area contributed by atoms with Crippen LogP contribution in [0, 0.1) is 3.57 Å². The fraction of sp³-hybridized carbons (Fsp3) is 0.231. The molecule has 0 aliphatic rings. The van der Waals surface area contributed by atoms with E-state index >= 15 is 0 Å². The molecule has 1 atom stereocenters. The molecule has 0 aliphatic heterocycles. The van der Waals surface area contributed by atoms with Gasteiger partial charge in [-0.2, -0.15) is 0 Å². The summed E-state index contributed by atoms with van der Waals surface area (Å²) in [6.07, 6.45) is 1.21. The number of hydrogen-bond donors (Lipinski definition) is 1. The lowest BCUT2D eigenvalue weighted by molar-refractivity contribution is 0.176. The molecule has 0 spiro atoms. The zero-order valence-corrected chi connectivity index (χ0v) is 11.7. The maximum atomic E-state index is 9.95. The zero-order valence-electron chi connectivity index (χ0n) is 8.77. The molecule has 0 bridgehead atoms. The summed E-state index contributed by atoms with van der Waals surface area (Å²) in [5.41, 5.74) is 1.20.